The molecule has 2 aliphatic rings. The van der Waals surface area contributed by atoms with Gasteiger partial charge in [-0.1, -0.05) is 19.3 Å². The molecule has 1 saturated carbocycles. The molecule has 2 aromatic heterocycles. The number of fused-ring (bicyclic) bond motifs is 1. The lowest BCUT2D eigenvalue weighted by Gasteiger charge is -2.21. The van der Waals surface area contributed by atoms with Gasteiger partial charge in [0.15, 0.2) is 0 Å². The van der Waals surface area contributed by atoms with Crippen LogP contribution in [0.3, 0.4) is 0 Å². The number of aromatic nitrogens is 4. The SMILES string of the molecule is CN(Cc1cnn(C2CCCCC2)c1)Cc1n[nH]c2c1CCCC2. The fourth-order valence-corrected chi connectivity index (χ4v) is 4.31. The number of aromatic amines is 1. The number of rotatable bonds is 5. The zero-order valence-electron chi connectivity index (χ0n) is 14.8. The van der Waals surface area contributed by atoms with Crippen LogP contribution in [0.4, 0.5) is 0 Å². The first-order valence-corrected chi connectivity index (χ1v) is 9.56. The summed E-state index contributed by atoms with van der Waals surface area (Å²) < 4.78 is 2.21. The highest BCUT2D eigenvalue weighted by molar-refractivity contribution is 5.27. The predicted molar refractivity (Wildman–Crippen MR) is 94.7 cm³/mol. The van der Waals surface area contributed by atoms with Gasteiger partial charge in [-0.15, -0.1) is 0 Å². The van der Waals surface area contributed by atoms with Crippen molar-refractivity contribution in [3.05, 3.63) is 34.9 Å². The largest absolute Gasteiger partial charge is 0.296 e. The molecule has 0 radical (unpaired) electrons. The van der Waals surface area contributed by atoms with Gasteiger partial charge in [-0.25, -0.2) is 0 Å². The van der Waals surface area contributed by atoms with E-state index in [2.05, 4.69) is 38.1 Å². The van der Waals surface area contributed by atoms with E-state index < -0.39 is 0 Å². The molecule has 0 bridgehead atoms. The van der Waals surface area contributed by atoms with Gasteiger partial charge >= 0.3 is 0 Å². The Morgan fingerprint density at radius 1 is 1.12 bits per heavy atom. The van der Waals surface area contributed by atoms with Crippen LogP contribution in [0, 0.1) is 0 Å². The Labute approximate surface area is 144 Å². The van der Waals surface area contributed by atoms with E-state index in [0.29, 0.717) is 6.04 Å². The first kappa shape index (κ1) is 15.9. The van der Waals surface area contributed by atoms with Crippen molar-refractivity contribution < 1.29 is 0 Å². The lowest BCUT2D eigenvalue weighted by Crippen LogP contribution is -2.18. The maximum absolute atomic E-state index is 4.63. The van der Waals surface area contributed by atoms with Crippen LogP contribution in [0.1, 0.15) is 73.5 Å². The number of aryl methyl sites for hydroxylation is 1. The van der Waals surface area contributed by atoms with Crippen molar-refractivity contribution in [1.82, 2.24) is 24.9 Å². The van der Waals surface area contributed by atoms with Crippen molar-refractivity contribution >= 4 is 0 Å². The highest BCUT2D eigenvalue weighted by atomic mass is 15.3. The molecule has 0 amide bonds. The first-order chi connectivity index (χ1) is 11.8. The quantitative estimate of drug-likeness (QED) is 0.912. The van der Waals surface area contributed by atoms with Crippen molar-refractivity contribution in [2.45, 2.75) is 76.9 Å². The fourth-order valence-electron chi connectivity index (χ4n) is 4.31. The van der Waals surface area contributed by atoms with Crippen LogP contribution in [0.5, 0.6) is 0 Å². The fraction of sp³-hybridized carbons (Fsp3) is 0.684. The van der Waals surface area contributed by atoms with Gasteiger partial charge in [-0.3, -0.25) is 14.7 Å². The van der Waals surface area contributed by atoms with E-state index in [1.54, 1.807) is 0 Å². The molecule has 1 N–H and O–H groups in total. The van der Waals surface area contributed by atoms with E-state index in [1.807, 2.05) is 6.20 Å². The summed E-state index contributed by atoms with van der Waals surface area (Å²) in [5.74, 6) is 0. The van der Waals surface area contributed by atoms with Crippen molar-refractivity contribution in [1.29, 1.82) is 0 Å². The number of hydrogen-bond donors (Lipinski definition) is 1. The molecule has 5 nitrogen and oxygen atoms in total. The molecule has 0 atom stereocenters. The van der Waals surface area contributed by atoms with E-state index in [9.17, 15) is 0 Å². The lowest BCUT2D eigenvalue weighted by atomic mass is 9.96. The minimum atomic E-state index is 0.621. The third kappa shape index (κ3) is 3.41. The van der Waals surface area contributed by atoms with Crippen LogP contribution in [0.15, 0.2) is 12.4 Å². The third-order valence-electron chi connectivity index (χ3n) is 5.62. The Bertz CT molecular complexity index is 665. The summed E-state index contributed by atoms with van der Waals surface area (Å²) in [6.45, 7) is 1.86. The molecule has 0 aliphatic heterocycles. The maximum Gasteiger partial charge on any atom is 0.0797 e. The Hall–Kier alpha value is -1.62. The van der Waals surface area contributed by atoms with Gasteiger partial charge < -0.3 is 0 Å². The zero-order valence-corrected chi connectivity index (χ0v) is 14.8. The Balaban J connectivity index is 1.37. The van der Waals surface area contributed by atoms with Gasteiger partial charge in [0.1, 0.15) is 0 Å². The Kier molecular flexibility index (Phi) is 4.69. The smallest absolute Gasteiger partial charge is 0.0797 e. The van der Waals surface area contributed by atoms with Gasteiger partial charge in [0.05, 0.1) is 17.9 Å². The van der Waals surface area contributed by atoms with Gasteiger partial charge in [-0.2, -0.15) is 10.2 Å². The highest BCUT2D eigenvalue weighted by Crippen LogP contribution is 2.28. The summed E-state index contributed by atoms with van der Waals surface area (Å²) in [6, 6.07) is 0.621. The predicted octanol–water partition coefficient (Wildman–Crippen LogP) is 3.62. The number of nitrogens with one attached hydrogen (secondary N) is 1. The molecule has 0 spiro atoms. The van der Waals surface area contributed by atoms with E-state index in [1.165, 1.54) is 80.3 Å². The second-order valence-corrected chi connectivity index (χ2v) is 7.63. The van der Waals surface area contributed by atoms with Crippen molar-refractivity contribution in [2.75, 3.05) is 7.05 Å². The summed E-state index contributed by atoms with van der Waals surface area (Å²) in [5.41, 5.74) is 5.40. The van der Waals surface area contributed by atoms with Gasteiger partial charge in [0.2, 0.25) is 0 Å². The Morgan fingerprint density at radius 3 is 2.83 bits per heavy atom. The second kappa shape index (κ2) is 7.09. The molecule has 130 valence electrons. The molecule has 2 aromatic rings. The molecule has 0 aromatic carbocycles. The minimum Gasteiger partial charge on any atom is -0.296 e. The van der Waals surface area contributed by atoms with Crippen LogP contribution >= 0.6 is 0 Å². The summed E-state index contributed by atoms with van der Waals surface area (Å²) in [7, 11) is 2.18. The van der Waals surface area contributed by atoms with Crippen LogP contribution in [-0.4, -0.2) is 31.9 Å². The van der Waals surface area contributed by atoms with Gasteiger partial charge in [0.25, 0.3) is 0 Å². The van der Waals surface area contributed by atoms with Crippen LogP contribution in [0.2, 0.25) is 0 Å². The highest BCUT2D eigenvalue weighted by Gasteiger charge is 2.19. The van der Waals surface area contributed by atoms with Gasteiger partial charge in [-0.05, 0) is 51.1 Å². The lowest BCUT2D eigenvalue weighted by molar-refractivity contribution is 0.311. The summed E-state index contributed by atoms with van der Waals surface area (Å²) >= 11 is 0. The second-order valence-electron chi connectivity index (χ2n) is 7.63. The number of hydrogen-bond acceptors (Lipinski definition) is 3. The van der Waals surface area contributed by atoms with E-state index in [0.717, 1.165) is 13.1 Å². The molecule has 2 aliphatic carbocycles. The summed E-state index contributed by atoms with van der Waals surface area (Å²) in [5, 5.41) is 12.4. The monoisotopic (exact) mass is 327 g/mol. The number of H-pyrrole nitrogens is 1. The zero-order chi connectivity index (χ0) is 16.4. The summed E-state index contributed by atoms with van der Waals surface area (Å²) in [4.78, 5) is 2.35. The van der Waals surface area contributed by atoms with E-state index in [4.69, 9.17) is 0 Å². The molecule has 0 unspecified atom stereocenters. The first-order valence-electron chi connectivity index (χ1n) is 9.56. The van der Waals surface area contributed by atoms with Crippen LogP contribution < -0.4 is 0 Å². The molecule has 4 rings (SSSR count). The molecule has 24 heavy (non-hydrogen) atoms. The molecular weight excluding hydrogens is 298 g/mol. The maximum atomic E-state index is 4.63. The normalized spacial score (nSPS) is 18.9. The van der Waals surface area contributed by atoms with Crippen LogP contribution in [-0.2, 0) is 25.9 Å². The van der Waals surface area contributed by atoms with E-state index >= 15 is 0 Å². The van der Waals surface area contributed by atoms with Crippen LogP contribution in [0.25, 0.3) is 0 Å². The number of nitrogens with zero attached hydrogens (tertiary/aromatic N) is 4. The molecule has 0 saturated heterocycles. The van der Waals surface area contributed by atoms with Crippen molar-refractivity contribution in [3.63, 3.8) is 0 Å². The van der Waals surface area contributed by atoms with Crippen molar-refractivity contribution in [3.8, 4) is 0 Å². The summed E-state index contributed by atoms with van der Waals surface area (Å²) in [6.07, 6.45) is 15.9. The average Bonchev–Trinajstić information content (AvgIpc) is 3.23. The molecular formula is C19H29N5. The molecule has 2 heterocycles. The van der Waals surface area contributed by atoms with E-state index in [-0.39, 0.29) is 0 Å². The van der Waals surface area contributed by atoms with Crippen molar-refractivity contribution in [2.24, 2.45) is 0 Å². The molecule has 1 fully saturated rings. The standard InChI is InChI=1S/C19H29N5/c1-23(14-19-17-9-5-6-10-18(17)21-22-19)12-15-11-20-24(13-15)16-7-3-2-4-8-16/h11,13,16H,2-10,12,14H2,1H3,(H,21,22). The molecule has 5 heteroatoms. The van der Waals surface area contributed by atoms with Gasteiger partial charge in [0, 0.05) is 30.5 Å². The Morgan fingerprint density at radius 2 is 1.96 bits per heavy atom. The average molecular weight is 327 g/mol. The topological polar surface area (TPSA) is 49.7 Å². The third-order valence-corrected chi connectivity index (χ3v) is 5.62. The minimum absolute atomic E-state index is 0.621.